The average Bonchev–Trinajstić information content (AvgIpc) is 3.12. The van der Waals surface area contributed by atoms with E-state index in [9.17, 15) is 9.90 Å². The van der Waals surface area contributed by atoms with E-state index in [0.717, 1.165) is 35.1 Å². The van der Waals surface area contributed by atoms with E-state index in [2.05, 4.69) is 21.0 Å². The summed E-state index contributed by atoms with van der Waals surface area (Å²) in [5.41, 5.74) is 1.32. The smallest absolute Gasteiger partial charge is 0.310 e. The molecule has 0 amide bonds. The first-order valence-corrected chi connectivity index (χ1v) is 7.13. The zero-order valence-corrected chi connectivity index (χ0v) is 12.6. The summed E-state index contributed by atoms with van der Waals surface area (Å²) in [6.45, 7) is 3.91. The second-order valence-electron chi connectivity index (χ2n) is 5.36. The Balaban J connectivity index is 2.32. The molecular formula is C13H19BrN2O2. The number of carboxylic acids is 1. The molecule has 1 fully saturated rings. The lowest BCUT2D eigenvalue weighted by atomic mass is 9.80. The molecule has 0 radical (unpaired) electrons. The highest BCUT2D eigenvalue weighted by atomic mass is 79.9. The Morgan fingerprint density at radius 2 is 2.22 bits per heavy atom. The van der Waals surface area contributed by atoms with Crippen LogP contribution in [-0.2, 0) is 24.7 Å². The maximum atomic E-state index is 11.6. The largest absolute Gasteiger partial charge is 0.481 e. The van der Waals surface area contributed by atoms with Crippen LogP contribution in [0.4, 0.5) is 0 Å². The van der Waals surface area contributed by atoms with Gasteiger partial charge in [0, 0.05) is 13.5 Å². The van der Waals surface area contributed by atoms with Gasteiger partial charge in [0.15, 0.2) is 0 Å². The second-order valence-corrected chi connectivity index (χ2v) is 6.15. The first-order valence-electron chi connectivity index (χ1n) is 6.33. The Labute approximate surface area is 116 Å². The summed E-state index contributed by atoms with van der Waals surface area (Å²) in [5.74, 6) is -0.391. The number of aryl methyl sites for hydroxylation is 2. The predicted octanol–water partition coefficient (Wildman–Crippen LogP) is 2.79. The fourth-order valence-electron chi connectivity index (χ4n) is 2.47. The summed E-state index contributed by atoms with van der Waals surface area (Å²) in [4.78, 5) is 11.6. The third-order valence-electron chi connectivity index (χ3n) is 4.00. The van der Waals surface area contributed by atoms with Gasteiger partial charge in [-0.15, -0.1) is 0 Å². The van der Waals surface area contributed by atoms with Crippen molar-refractivity contribution in [3.63, 3.8) is 0 Å². The summed E-state index contributed by atoms with van der Waals surface area (Å²) in [6, 6.07) is 0. The second kappa shape index (κ2) is 4.68. The Morgan fingerprint density at radius 1 is 1.61 bits per heavy atom. The van der Waals surface area contributed by atoms with E-state index in [-0.39, 0.29) is 0 Å². The lowest BCUT2D eigenvalue weighted by Crippen LogP contribution is -2.33. The van der Waals surface area contributed by atoms with Gasteiger partial charge in [0.25, 0.3) is 0 Å². The predicted molar refractivity (Wildman–Crippen MR) is 72.5 cm³/mol. The molecule has 18 heavy (non-hydrogen) atoms. The van der Waals surface area contributed by atoms with Crippen LogP contribution in [0.5, 0.6) is 0 Å². The van der Waals surface area contributed by atoms with Crippen LogP contribution >= 0.6 is 15.9 Å². The lowest BCUT2D eigenvalue weighted by Gasteiger charge is -2.24. The molecule has 0 saturated heterocycles. The third-order valence-corrected chi connectivity index (χ3v) is 4.92. The number of aromatic nitrogens is 2. The molecule has 0 bridgehead atoms. The van der Waals surface area contributed by atoms with Crippen LogP contribution in [0.3, 0.4) is 0 Å². The molecule has 5 heteroatoms. The van der Waals surface area contributed by atoms with E-state index < -0.39 is 11.4 Å². The number of aliphatic carboxylic acids is 1. The van der Waals surface area contributed by atoms with Gasteiger partial charge < -0.3 is 5.11 Å². The monoisotopic (exact) mass is 314 g/mol. The molecule has 100 valence electrons. The van der Waals surface area contributed by atoms with E-state index in [1.165, 1.54) is 0 Å². The van der Waals surface area contributed by atoms with Crippen molar-refractivity contribution in [3.05, 3.63) is 15.9 Å². The summed E-state index contributed by atoms with van der Waals surface area (Å²) >= 11 is 3.56. The first kappa shape index (κ1) is 13.6. The molecule has 1 heterocycles. The van der Waals surface area contributed by atoms with E-state index >= 15 is 0 Å². The number of carbonyl (C=O) groups is 1. The number of carboxylic acid groups (broad SMARTS) is 1. The first-order chi connectivity index (χ1) is 8.40. The van der Waals surface area contributed by atoms with Gasteiger partial charge in [-0.2, -0.15) is 5.10 Å². The highest BCUT2D eigenvalue weighted by Gasteiger charge is 2.48. The highest BCUT2D eigenvalue weighted by Crippen LogP contribution is 2.48. The Hall–Kier alpha value is -0.840. The lowest BCUT2D eigenvalue weighted by molar-refractivity contribution is -0.149. The number of halogens is 1. The van der Waals surface area contributed by atoms with Crippen molar-refractivity contribution in [1.29, 1.82) is 0 Å². The molecule has 1 aliphatic carbocycles. The minimum absolute atomic E-state index is 0.307. The van der Waals surface area contributed by atoms with E-state index in [1.807, 2.05) is 25.6 Å². The van der Waals surface area contributed by atoms with Crippen molar-refractivity contribution in [1.82, 2.24) is 9.78 Å². The van der Waals surface area contributed by atoms with Gasteiger partial charge in [0.1, 0.15) is 0 Å². The molecule has 1 aliphatic rings. The molecule has 1 unspecified atom stereocenters. The van der Waals surface area contributed by atoms with E-state index in [1.54, 1.807) is 0 Å². The number of hydrogen-bond donors (Lipinski definition) is 1. The average molecular weight is 315 g/mol. The van der Waals surface area contributed by atoms with Crippen molar-refractivity contribution >= 4 is 21.9 Å². The zero-order valence-electron chi connectivity index (χ0n) is 11.0. The molecule has 1 saturated carbocycles. The van der Waals surface area contributed by atoms with Crippen LogP contribution in [0.25, 0.3) is 0 Å². The fourth-order valence-corrected chi connectivity index (χ4v) is 3.23. The zero-order chi connectivity index (χ0) is 13.5. The molecule has 0 aromatic carbocycles. The van der Waals surface area contributed by atoms with E-state index in [0.29, 0.717) is 12.3 Å². The van der Waals surface area contributed by atoms with Crippen LogP contribution in [0.1, 0.15) is 38.1 Å². The minimum atomic E-state index is -0.698. The maximum absolute atomic E-state index is 11.6. The van der Waals surface area contributed by atoms with Gasteiger partial charge in [-0.05, 0) is 48.0 Å². The van der Waals surface area contributed by atoms with Crippen molar-refractivity contribution in [2.45, 2.75) is 39.5 Å². The van der Waals surface area contributed by atoms with Crippen LogP contribution in [0, 0.1) is 11.3 Å². The van der Waals surface area contributed by atoms with Gasteiger partial charge in [0.05, 0.1) is 21.3 Å². The van der Waals surface area contributed by atoms with E-state index in [4.69, 9.17) is 0 Å². The molecule has 0 spiro atoms. The van der Waals surface area contributed by atoms with Crippen molar-refractivity contribution in [2.75, 3.05) is 0 Å². The molecule has 2 rings (SSSR count). The molecule has 1 N–H and O–H groups in total. The number of rotatable bonds is 5. The summed E-state index contributed by atoms with van der Waals surface area (Å²) in [7, 11) is 1.88. The van der Waals surface area contributed by atoms with Crippen LogP contribution in [0.2, 0.25) is 0 Å². The van der Waals surface area contributed by atoms with Crippen LogP contribution in [0.15, 0.2) is 4.47 Å². The van der Waals surface area contributed by atoms with Gasteiger partial charge >= 0.3 is 5.97 Å². The minimum Gasteiger partial charge on any atom is -0.481 e. The topological polar surface area (TPSA) is 55.1 Å². The molecule has 4 nitrogen and oxygen atoms in total. The van der Waals surface area contributed by atoms with Crippen LogP contribution in [-0.4, -0.2) is 20.9 Å². The van der Waals surface area contributed by atoms with Crippen molar-refractivity contribution in [2.24, 2.45) is 18.4 Å². The van der Waals surface area contributed by atoms with Gasteiger partial charge in [0.2, 0.25) is 0 Å². The summed E-state index contributed by atoms with van der Waals surface area (Å²) < 4.78 is 2.78. The Bertz CT molecular complexity index is 480. The Morgan fingerprint density at radius 3 is 2.61 bits per heavy atom. The van der Waals surface area contributed by atoms with Gasteiger partial charge in [-0.1, -0.05) is 6.92 Å². The Kier molecular flexibility index (Phi) is 3.54. The number of nitrogens with zero attached hydrogens (tertiary/aromatic N) is 2. The maximum Gasteiger partial charge on any atom is 0.310 e. The molecular weight excluding hydrogens is 296 g/mol. The molecule has 1 aromatic rings. The highest BCUT2D eigenvalue weighted by molar-refractivity contribution is 9.10. The van der Waals surface area contributed by atoms with Crippen LogP contribution < -0.4 is 0 Å². The fraction of sp³-hybridized carbons (Fsp3) is 0.692. The standard InChI is InChI=1S/C13H19BrN2O2/c1-4-9-11(14)10(16(3)15-9)7-13(2,12(17)18)8-5-6-8/h8H,4-7H2,1-3H3,(H,17,18). The van der Waals surface area contributed by atoms with Crippen molar-refractivity contribution in [3.8, 4) is 0 Å². The molecule has 1 atom stereocenters. The quantitative estimate of drug-likeness (QED) is 0.909. The van der Waals surface area contributed by atoms with Gasteiger partial charge in [-0.3, -0.25) is 9.48 Å². The molecule has 0 aliphatic heterocycles. The van der Waals surface area contributed by atoms with Gasteiger partial charge in [-0.25, -0.2) is 0 Å². The SMILES string of the molecule is CCc1nn(C)c(CC(C)(C(=O)O)C2CC2)c1Br. The third kappa shape index (κ3) is 2.20. The summed E-state index contributed by atoms with van der Waals surface area (Å²) in [5, 5.41) is 13.9. The normalized spacial score (nSPS) is 18.7. The molecule has 1 aromatic heterocycles. The summed E-state index contributed by atoms with van der Waals surface area (Å²) in [6.07, 6.45) is 3.44. The number of hydrogen-bond acceptors (Lipinski definition) is 2. The van der Waals surface area contributed by atoms with Crippen molar-refractivity contribution < 1.29 is 9.90 Å².